The highest BCUT2D eigenvalue weighted by atomic mass is 35.5. The summed E-state index contributed by atoms with van der Waals surface area (Å²) in [5.41, 5.74) is 7.08. The van der Waals surface area contributed by atoms with Crippen LogP contribution >= 0.6 is 24.8 Å². The molecule has 0 spiro atoms. The van der Waals surface area contributed by atoms with E-state index in [0.29, 0.717) is 17.7 Å². The molecule has 4 heterocycles. The molecule has 2 aliphatic heterocycles. The smallest absolute Gasteiger partial charge is 0.270 e. The van der Waals surface area contributed by atoms with Crippen molar-refractivity contribution in [1.29, 1.82) is 0 Å². The van der Waals surface area contributed by atoms with E-state index in [4.69, 9.17) is 5.73 Å². The summed E-state index contributed by atoms with van der Waals surface area (Å²) in [5, 5.41) is 0. The van der Waals surface area contributed by atoms with Gasteiger partial charge in [0, 0.05) is 25.2 Å². The van der Waals surface area contributed by atoms with Crippen LogP contribution < -0.4 is 16.9 Å². The Bertz CT molecular complexity index is 837. The van der Waals surface area contributed by atoms with Gasteiger partial charge in [0.1, 0.15) is 11.2 Å². The molecule has 2 N–H and O–H groups in total. The number of hydrogen-bond donors (Lipinski definition) is 1. The Balaban J connectivity index is 0.00000104. The summed E-state index contributed by atoms with van der Waals surface area (Å²) in [6.07, 6.45) is 3.32. The molecule has 0 saturated carbocycles. The van der Waals surface area contributed by atoms with E-state index in [-0.39, 0.29) is 48.0 Å². The predicted octanol–water partition coefficient (Wildman–Crippen LogP) is 0.380. The number of nitrogens with zero attached hydrogens (tertiary/aromatic N) is 4. The van der Waals surface area contributed by atoms with Crippen LogP contribution in [0.2, 0.25) is 0 Å². The molecule has 1 unspecified atom stereocenters. The van der Waals surface area contributed by atoms with Crippen molar-refractivity contribution in [2.24, 2.45) is 5.73 Å². The zero-order chi connectivity index (χ0) is 15.3. The van der Waals surface area contributed by atoms with Crippen LogP contribution in [0, 0.1) is 0 Å². The molecule has 9 heteroatoms. The lowest BCUT2D eigenvalue weighted by Crippen LogP contribution is -2.43. The maximum Gasteiger partial charge on any atom is 0.270 e. The third-order valence-corrected chi connectivity index (χ3v) is 4.77. The lowest BCUT2D eigenvalue weighted by atomic mass is 10.1. The Labute approximate surface area is 151 Å². The van der Waals surface area contributed by atoms with Crippen LogP contribution in [0.25, 0.3) is 11.2 Å². The average molecular weight is 374 g/mol. The summed E-state index contributed by atoms with van der Waals surface area (Å²) in [7, 11) is 0. The summed E-state index contributed by atoms with van der Waals surface area (Å²) >= 11 is 0. The fraction of sp³-hybridized carbons (Fsp3) is 0.533. The number of aromatic nitrogens is 3. The van der Waals surface area contributed by atoms with Crippen LogP contribution in [-0.4, -0.2) is 44.7 Å². The van der Waals surface area contributed by atoms with Crippen molar-refractivity contribution in [3.8, 4) is 0 Å². The number of likely N-dealkylation sites (tertiary alicyclic amines) is 1. The Morgan fingerprint density at radius 1 is 1.12 bits per heavy atom. The first-order valence-corrected chi connectivity index (χ1v) is 7.72. The van der Waals surface area contributed by atoms with Crippen molar-refractivity contribution in [2.45, 2.75) is 31.5 Å². The number of pyridine rings is 1. The fourth-order valence-corrected chi connectivity index (χ4v) is 3.60. The zero-order valence-electron chi connectivity index (χ0n) is 13.1. The molecule has 0 aromatic carbocycles. The van der Waals surface area contributed by atoms with Crippen molar-refractivity contribution in [1.82, 2.24) is 19.0 Å². The highest BCUT2D eigenvalue weighted by Crippen LogP contribution is 2.23. The van der Waals surface area contributed by atoms with Gasteiger partial charge in [0.2, 0.25) is 0 Å². The first kappa shape index (κ1) is 18.9. The molecule has 0 aliphatic carbocycles. The van der Waals surface area contributed by atoms with Gasteiger partial charge in [-0.05, 0) is 32.0 Å². The monoisotopic (exact) mass is 373 g/mol. The van der Waals surface area contributed by atoms with Gasteiger partial charge in [0.25, 0.3) is 11.1 Å². The summed E-state index contributed by atoms with van der Waals surface area (Å²) < 4.78 is 3.41. The molecule has 1 saturated heterocycles. The van der Waals surface area contributed by atoms with Gasteiger partial charge >= 0.3 is 0 Å². The molecule has 0 radical (unpaired) electrons. The van der Waals surface area contributed by atoms with Crippen LogP contribution in [-0.2, 0) is 6.54 Å². The van der Waals surface area contributed by atoms with Crippen molar-refractivity contribution < 1.29 is 0 Å². The van der Waals surface area contributed by atoms with E-state index in [9.17, 15) is 9.59 Å². The van der Waals surface area contributed by atoms with Gasteiger partial charge < -0.3 is 10.6 Å². The third kappa shape index (κ3) is 3.09. The lowest BCUT2D eigenvalue weighted by Gasteiger charge is -2.32. The normalized spacial score (nSPS) is 20.6. The van der Waals surface area contributed by atoms with E-state index in [0.717, 1.165) is 32.5 Å². The topological polar surface area (TPSA) is 86.2 Å². The summed E-state index contributed by atoms with van der Waals surface area (Å²) in [6.45, 7) is 3.21. The fourth-order valence-electron chi connectivity index (χ4n) is 3.60. The van der Waals surface area contributed by atoms with Crippen LogP contribution in [0.1, 0.15) is 18.9 Å². The second-order valence-corrected chi connectivity index (χ2v) is 6.25. The van der Waals surface area contributed by atoms with Crippen LogP contribution in [0.5, 0.6) is 0 Å². The standard InChI is InChI=1S/C15H19N5O2.2ClH/c16-10-3-5-18(6-4-10)8-11-9-19-13(21)2-1-12-15(19)20(11)14(22)7-17-12;;/h1-2,7,10-11H,3-6,8-9,16H2;2*1H. The minimum Gasteiger partial charge on any atom is -0.328 e. The quantitative estimate of drug-likeness (QED) is 0.822. The molecule has 0 amide bonds. The summed E-state index contributed by atoms with van der Waals surface area (Å²) in [4.78, 5) is 30.8. The van der Waals surface area contributed by atoms with Crippen molar-refractivity contribution in [3.63, 3.8) is 0 Å². The Morgan fingerprint density at radius 2 is 1.83 bits per heavy atom. The minimum atomic E-state index is -0.136. The molecule has 4 rings (SSSR count). The number of piperidine rings is 1. The first-order chi connectivity index (χ1) is 10.6. The first-order valence-electron chi connectivity index (χ1n) is 7.72. The van der Waals surface area contributed by atoms with Gasteiger partial charge in [0.05, 0.1) is 12.2 Å². The van der Waals surface area contributed by atoms with Crippen molar-refractivity contribution in [3.05, 3.63) is 39.0 Å². The van der Waals surface area contributed by atoms with E-state index in [1.807, 2.05) is 0 Å². The molecule has 2 aromatic rings. The van der Waals surface area contributed by atoms with Crippen LogP contribution in [0.15, 0.2) is 27.9 Å². The van der Waals surface area contributed by atoms with Gasteiger partial charge in [-0.15, -0.1) is 24.8 Å². The highest BCUT2D eigenvalue weighted by Gasteiger charge is 2.29. The molecule has 2 aromatic heterocycles. The van der Waals surface area contributed by atoms with Gasteiger partial charge in [-0.3, -0.25) is 18.7 Å². The molecule has 24 heavy (non-hydrogen) atoms. The van der Waals surface area contributed by atoms with E-state index in [1.165, 1.54) is 12.3 Å². The molecule has 7 nitrogen and oxygen atoms in total. The van der Waals surface area contributed by atoms with Gasteiger partial charge in [-0.25, -0.2) is 4.98 Å². The molecule has 2 aliphatic rings. The molecular formula is C15H21Cl2N5O2. The molecule has 132 valence electrons. The highest BCUT2D eigenvalue weighted by molar-refractivity contribution is 5.85. The predicted molar refractivity (Wildman–Crippen MR) is 97.4 cm³/mol. The Kier molecular flexibility index (Phi) is 5.70. The second-order valence-electron chi connectivity index (χ2n) is 6.25. The van der Waals surface area contributed by atoms with E-state index < -0.39 is 0 Å². The second kappa shape index (κ2) is 7.23. The SMILES string of the molecule is Cl.Cl.NC1CCN(CC2Cn3c(=O)ccc4ncc(=O)n2c43)CC1. The summed E-state index contributed by atoms with van der Waals surface area (Å²) in [6, 6.07) is 3.48. The molecule has 0 bridgehead atoms. The number of nitrogens with two attached hydrogens (primary N) is 1. The maximum absolute atomic E-state index is 12.3. The number of halogens is 2. The average Bonchev–Trinajstić information content (AvgIpc) is 2.89. The Hall–Kier alpha value is -1.41. The van der Waals surface area contributed by atoms with Gasteiger partial charge in [-0.1, -0.05) is 0 Å². The van der Waals surface area contributed by atoms with Gasteiger partial charge in [-0.2, -0.15) is 0 Å². The van der Waals surface area contributed by atoms with E-state index in [1.54, 1.807) is 15.2 Å². The van der Waals surface area contributed by atoms with E-state index >= 15 is 0 Å². The van der Waals surface area contributed by atoms with Crippen LogP contribution in [0.4, 0.5) is 0 Å². The maximum atomic E-state index is 12.3. The third-order valence-electron chi connectivity index (χ3n) is 4.77. The number of rotatable bonds is 2. The lowest BCUT2D eigenvalue weighted by molar-refractivity contribution is 0.183. The Morgan fingerprint density at radius 3 is 2.54 bits per heavy atom. The zero-order valence-corrected chi connectivity index (χ0v) is 14.8. The van der Waals surface area contributed by atoms with Gasteiger partial charge in [0.15, 0.2) is 0 Å². The van der Waals surface area contributed by atoms with E-state index in [2.05, 4.69) is 9.88 Å². The molecule has 1 fully saturated rings. The van der Waals surface area contributed by atoms with Crippen molar-refractivity contribution >= 4 is 36.0 Å². The minimum absolute atomic E-state index is 0. The summed E-state index contributed by atoms with van der Waals surface area (Å²) in [5.74, 6) is 0. The number of hydrogen-bond acceptors (Lipinski definition) is 5. The molecule has 1 atom stereocenters. The largest absolute Gasteiger partial charge is 0.328 e. The van der Waals surface area contributed by atoms with Crippen molar-refractivity contribution in [2.75, 3.05) is 19.6 Å². The molecular weight excluding hydrogens is 353 g/mol. The van der Waals surface area contributed by atoms with Crippen LogP contribution in [0.3, 0.4) is 0 Å².